The molecule has 0 aliphatic rings. The number of fused-ring (bicyclic) bond motifs is 1. The third kappa shape index (κ3) is 2.14. The number of hydrogen-bond acceptors (Lipinski definition) is 3. The van der Waals surface area contributed by atoms with E-state index in [9.17, 15) is 9.59 Å². The summed E-state index contributed by atoms with van der Waals surface area (Å²) in [6, 6.07) is 7.10. The SMILES string of the molecule is CCOC(=O)c1ccc2ccc(CC)cn2c1=O. The Hall–Kier alpha value is -2.10. The molecule has 0 atom stereocenters. The number of nitrogens with zero attached hydrogens (tertiary/aromatic N) is 1. The molecular weight excluding hydrogens is 230 g/mol. The lowest BCUT2D eigenvalue weighted by Gasteiger charge is -2.06. The summed E-state index contributed by atoms with van der Waals surface area (Å²) >= 11 is 0. The normalized spacial score (nSPS) is 10.6. The topological polar surface area (TPSA) is 47.8 Å². The van der Waals surface area contributed by atoms with Gasteiger partial charge < -0.3 is 4.74 Å². The van der Waals surface area contributed by atoms with Crippen molar-refractivity contribution < 1.29 is 9.53 Å². The van der Waals surface area contributed by atoms with Gasteiger partial charge in [0.2, 0.25) is 0 Å². The molecule has 2 heterocycles. The van der Waals surface area contributed by atoms with Gasteiger partial charge in [0.25, 0.3) is 5.56 Å². The van der Waals surface area contributed by atoms with E-state index >= 15 is 0 Å². The molecule has 0 spiro atoms. The maximum absolute atomic E-state index is 12.2. The van der Waals surface area contributed by atoms with Gasteiger partial charge in [-0.3, -0.25) is 9.20 Å². The highest BCUT2D eigenvalue weighted by molar-refractivity contribution is 5.89. The smallest absolute Gasteiger partial charge is 0.343 e. The summed E-state index contributed by atoms with van der Waals surface area (Å²) in [6.07, 6.45) is 2.60. The van der Waals surface area contributed by atoms with Crippen LogP contribution in [0.5, 0.6) is 0 Å². The summed E-state index contributed by atoms with van der Waals surface area (Å²) in [4.78, 5) is 23.8. The number of pyridine rings is 2. The first-order valence-corrected chi connectivity index (χ1v) is 5.98. The highest BCUT2D eigenvalue weighted by Crippen LogP contribution is 2.07. The summed E-state index contributed by atoms with van der Waals surface area (Å²) in [5, 5.41) is 0. The zero-order valence-corrected chi connectivity index (χ0v) is 10.5. The van der Waals surface area contributed by atoms with E-state index in [2.05, 4.69) is 0 Å². The maximum atomic E-state index is 12.2. The van der Waals surface area contributed by atoms with Gasteiger partial charge in [-0.2, -0.15) is 0 Å². The Morgan fingerprint density at radius 2 is 1.94 bits per heavy atom. The van der Waals surface area contributed by atoms with Crippen molar-refractivity contribution >= 4 is 11.5 Å². The van der Waals surface area contributed by atoms with Crippen LogP contribution in [0.4, 0.5) is 0 Å². The van der Waals surface area contributed by atoms with Crippen LogP contribution in [-0.2, 0) is 11.2 Å². The molecule has 0 aromatic carbocycles. The molecule has 4 nitrogen and oxygen atoms in total. The first-order valence-electron chi connectivity index (χ1n) is 5.98. The van der Waals surface area contributed by atoms with E-state index in [4.69, 9.17) is 4.74 Å². The van der Waals surface area contributed by atoms with Crippen molar-refractivity contribution in [1.29, 1.82) is 0 Å². The van der Waals surface area contributed by atoms with Gasteiger partial charge in [0.15, 0.2) is 0 Å². The second-order valence-electron chi connectivity index (χ2n) is 3.96. The predicted molar refractivity (Wildman–Crippen MR) is 69.0 cm³/mol. The Bertz CT molecular complexity index is 643. The number of carbonyl (C=O) groups is 1. The molecule has 18 heavy (non-hydrogen) atoms. The minimum Gasteiger partial charge on any atom is -0.462 e. The van der Waals surface area contributed by atoms with E-state index in [0.29, 0.717) is 0 Å². The maximum Gasteiger partial charge on any atom is 0.343 e. The lowest BCUT2D eigenvalue weighted by atomic mass is 10.2. The van der Waals surface area contributed by atoms with Gasteiger partial charge in [-0.1, -0.05) is 13.0 Å². The van der Waals surface area contributed by atoms with Crippen LogP contribution < -0.4 is 5.56 Å². The van der Waals surface area contributed by atoms with Crippen molar-refractivity contribution in [3.05, 3.63) is 51.9 Å². The largest absolute Gasteiger partial charge is 0.462 e. The molecule has 0 fully saturated rings. The van der Waals surface area contributed by atoms with E-state index in [-0.39, 0.29) is 17.7 Å². The number of carbonyl (C=O) groups excluding carboxylic acids is 1. The highest BCUT2D eigenvalue weighted by Gasteiger charge is 2.12. The van der Waals surface area contributed by atoms with Gasteiger partial charge in [0, 0.05) is 11.7 Å². The Morgan fingerprint density at radius 1 is 1.22 bits per heavy atom. The number of aryl methyl sites for hydroxylation is 1. The third-order valence-electron chi connectivity index (χ3n) is 2.81. The van der Waals surface area contributed by atoms with Gasteiger partial charge in [-0.15, -0.1) is 0 Å². The van der Waals surface area contributed by atoms with Gasteiger partial charge >= 0.3 is 5.97 Å². The Labute approximate surface area is 105 Å². The fraction of sp³-hybridized carbons (Fsp3) is 0.286. The van der Waals surface area contributed by atoms with Crippen LogP contribution in [-0.4, -0.2) is 17.0 Å². The predicted octanol–water partition coefficient (Wildman–Crippen LogP) is 2.04. The Kier molecular flexibility index (Phi) is 3.46. The van der Waals surface area contributed by atoms with Gasteiger partial charge in [0.1, 0.15) is 5.56 Å². The highest BCUT2D eigenvalue weighted by atomic mass is 16.5. The number of ether oxygens (including phenoxy) is 1. The number of hydrogen-bond donors (Lipinski definition) is 0. The summed E-state index contributed by atoms with van der Waals surface area (Å²) in [7, 11) is 0. The van der Waals surface area contributed by atoms with Crippen molar-refractivity contribution in [1.82, 2.24) is 4.40 Å². The minimum absolute atomic E-state index is 0.0719. The molecule has 0 saturated heterocycles. The van der Waals surface area contributed by atoms with Gasteiger partial charge in [-0.05, 0) is 37.1 Å². The summed E-state index contributed by atoms with van der Waals surface area (Å²) in [5.74, 6) is -0.571. The first kappa shape index (κ1) is 12.4. The molecule has 0 saturated carbocycles. The van der Waals surface area contributed by atoms with Crippen LogP contribution in [0.15, 0.2) is 35.3 Å². The van der Waals surface area contributed by atoms with Crippen molar-refractivity contribution in [3.63, 3.8) is 0 Å². The van der Waals surface area contributed by atoms with E-state index < -0.39 is 5.97 Å². The van der Waals surface area contributed by atoms with Crippen LogP contribution in [0.25, 0.3) is 5.52 Å². The first-order chi connectivity index (χ1) is 8.67. The Balaban J connectivity index is 2.62. The molecule has 0 amide bonds. The molecule has 2 aromatic heterocycles. The zero-order chi connectivity index (χ0) is 13.1. The van der Waals surface area contributed by atoms with Crippen LogP contribution in [0.2, 0.25) is 0 Å². The lowest BCUT2D eigenvalue weighted by molar-refractivity contribution is 0.0524. The summed E-state index contributed by atoms with van der Waals surface area (Å²) in [5.41, 5.74) is 1.56. The van der Waals surface area contributed by atoms with Crippen molar-refractivity contribution in [2.24, 2.45) is 0 Å². The second kappa shape index (κ2) is 5.04. The molecule has 2 aromatic rings. The molecule has 0 radical (unpaired) electrons. The number of esters is 1. The van der Waals surface area contributed by atoms with Crippen LogP contribution in [0, 0.1) is 0 Å². The molecule has 2 rings (SSSR count). The van der Waals surface area contributed by atoms with Gasteiger partial charge in [-0.25, -0.2) is 4.79 Å². The van der Waals surface area contributed by atoms with Crippen LogP contribution in [0.3, 0.4) is 0 Å². The fourth-order valence-electron chi connectivity index (χ4n) is 1.81. The summed E-state index contributed by atoms with van der Waals surface area (Å²) in [6.45, 7) is 3.99. The van der Waals surface area contributed by atoms with Crippen molar-refractivity contribution in [3.8, 4) is 0 Å². The molecular formula is C14H15NO3. The van der Waals surface area contributed by atoms with Crippen LogP contribution in [0.1, 0.15) is 29.8 Å². The molecule has 94 valence electrons. The molecule has 0 aliphatic carbocycles. The second-order valence-corrected chi connectivity index (χ2v) is 3.96. The number of rotatable bonds is 3. The standard InChI is InChI=1S/C14H15NO3/c1-3-10-5-6-11-7-8-12(14(17)18-4-2)13(16)15(11)9-10/h5-9H,3-4H2,1-2H3. The van der Waals surface area contributed by atoms with Crippen molar-refractivity contribution in [2.45, 2.75) is 20.3 Å². The average Bonchev–Trinajstić information content (AvgIpc) is 2.39. The lowest BCUT2D eigenvalue weighted by Crippen LogP contribution is -2.23. The minimum atomic E-state index is -0.571. The molecule has 0 unspecified atom stereocenters. The zero-order valence-electron chi connectivity index (χ0n) is 10.5. The monoisotopic (exact) mass is 245 g/mol. The molecule has 4 heteroatoms. The molecule has 0 aliphatic heterocycles. The van der Waals surface area contributed by atoms with E-state index in [1.165, 1.54) is 10.5 Å². The van der Waals surface area contributed by atoms with Crippen LogP contribution >= 0.6 is 0 Å². The van der Waals surface area contributed by atoms with E-state index in [0.717, 1.165) is 17.5 Å². The molecule has 0 bridgehead atoms. The fourth-order valence-corrected chi connectivity index (χ4v) is 1.81. The van der Waals surface area contributed by atoms with E-state index in [1.54, 1.807) is 19.2 Å². The number of aromatic nitrogens is 1. The third-order valence-corrected chi connectivity index (χ3v) is 2.81. The quantitative estimate of drug-likeness (QED) is 0.777. The van der Waals surface area contributed by atoms with Crippen molar-refractivity contribution in [2.75, 3.05) is 6.61 Å². The average molecular weight is 245 g/mol. The Morgan fingerprint density at radius 3 is 2.61 bits per heavy atom. The summed E-state index contributed by atoms with van der Waals surface area (Å²) < 4.78 is 6.35. The van der Waals surface area contributed by atoms with Gasteiger partial charge in [0.05, 0.1) is 6.61 Å². The van der Waals surface area contributed by atoms with E-state index in [1.807, 2.05) is 19.1 Å². The molecule has 0 N–H and O–H groups in total.